The Kier molecular flexibility index (Phi) is 4.01. The highest BCUT2D eigenvalue weighted by molar-refractivity contribution is 6.12. The van der Waals surface area contributed by atoms with E-state index in [1.54, 1.807) is 0 Å². The molecule has 0 saturated heterocycles. The van der Waals surface area contributed by atoms with E-state index in [1.807, 2.05) is 20.8 Å². The number of rotatable bonds is 1. The van der Waals surface area contributed by atoms with Gasteiger partial charge in [0.25, 0.3) is 0 Å². The van der Waals surface area contributed by atoms with Crippen molar-refractivity contribution < 1.29 is 0 Å². The van der Waals surface area contributed by atoms with Gasteiger partial charge in [0.05, 0.1) is 0 Å². The van der Waals surface area contributed by atoms with Crippen LogP contribution in [0.25, 0.3) is 34.2 Å². The highest BCUT2D eigenvalue weighted by Crippen LogP contribution is 2.27. The van der Waals surface area contributed by atoms with Crippen molar-refractivity contribution >= 4 is 34.2 Å². The van der Waals surface area contributed by atoms with Crippen LogP contribution in [0.4, 0.5) is 0 Å². The molecule has 3 aromatic carbocycles. The van der Waals surface area contributed by atoms with E-state index in [1.165, 1.54) is 27.1 Å². The van der Waals surface area contributed by atoms with E-state index in [0.29, 0.717) is 0 Å². The van der Waals surface area contributed by atoms with Gasteiger partial charge in [0.2, 0.25) is 0 Å². The van der Waals surface area contributed by atoms with Gasteiger partial charge in [-0.05, 0) is 39.3 Å². The lowest BCUT2D eigenvalue weighted by molar-refractivity contribution is 1.50. The Hall–Kier alpha value is -2.08. The Labute approximate surface area is 115 Å². The molecule has 19 heavy (non-hydrogen) atoms. The molecule has 0 N–H and O–H groups in total. The Balaban J connectivity index is 0.000000637. The summed E-state index contributed by atoms with van der Waals surface area (Å²) in [4.78, 5) is 0. The average Bonchev–Trinajstić information content (AvgIpc) is 2.46. The summed E-state index contributed by atoms with van der Waals surface area (Å²) < 4.78 is 0. The maximum atomic E-state index is 4.16. The highest BCUT2D eigenvalue weighted by atomic mass is 14.1. The Morgan fingerprint density at radius 2 is 1.47 bits per heavy atom. The van der Waals surface area contributed by atoms with Crippen LogP contribution in [0, 0.1) is 0 Å². The Bertz CT molecular complexity index is 748. The minimum absolute atomic E-state index is 1.10. The first kappa shape index (κ1) is 13.4. The third-order valence-corrected chi connectivity index (χ3v) is 3.24. The van der Waals surface area contributed by atoms with Crippen LogP contribution in [-0.2, 0) is 0 Å². The minimum atomic E-state index is 1.10. The van der Waals surface area contributed by atoms with E-state index in [0.717, 1.165) is 5.22 Å². The van der Waals surface area contributed by atoms with Gasteiger partial charge in [0.1, 0.15) is 0 Å². The van der Waals surface area contributed by atoms with Gasteiger partial charge in [-0.3, -0.25) is 0 Å². The van der Waals surface area contributed by atoms with Gasteiger partial charge in [-0.25, -0.2) is 0 Å². The third kappa shape index (κ3) is 2.26. The van der Waals surface area contributed by atoms with Gasteiger partial charge >= 0.3 is 0 Å². The van der Waals surface area contributed by atoms with Crippen LogP contribution in [0.15, 0.2) is 48.5 Å². The van der Waals surface area contributed by atoms with Gasteiger partial charge < -0.3 is 0 Å². The second kappa shape index (κ2) is 5.71. The van der Waals surface area contributed by atoms with E-state index >= 15 is 0 Å². The van der Waals surface area contributed by atoms with Gasteiger partial charge in [0.15, 0.2) is 0 Å². The molecule has 96 valence electrons. The fraction of sp³-hybridized carbons (Fsp3) is 0.158. The lowest BCUT2D eigenvalue weighted by Gasteiger charge is -2.08. The molecule has 0 aliphatic carbocycles. The topological polar surface area (TPSA) is 0 Å². The fourth-order valence-electron chi connectivity index (χ4n) is 2.50. The zero-order chi connectivity index (χ0) is 13.8. The molecule has 0 heteroatoms. The maximum Gasteiger partial charge on any atom is -0.00270 e. The zero-order valence-electron chi connectivity index (χ0n) is 11.9. The molecule has 0 aromatic heterocycles. The summed E-state index contributed by atoms with van der Waals surface area (Å²) in [5, 5.41) is 6.28. The molecule has 0 bridgehead atoms. The van der Waals surface area contributed by atoms with Gasteiger partial charge in [-0.1, -0.05) is 75.0 Å². The summed E-state index contributed by atoms with van der Waals surface area (Å²) in [5.74, 6) is 0. The zero-order valence-corrected chi connectivity index (χ0v) is 11.9. The first-order chi connectivity index (χ1) is 9.31. The van der Waals surface area contributed by atoms with Crippen molar-refractivity contribution in [2.45, 2.75) is 20.8 Å². The normalized spacial score (nSPS) is 10.9. The smallest absolute Gasteiger partial charge is 0.00270 e. The molecule has 0 aliphatic heterocycles. The van der Waals surface area contributed by atoms with Crippen molar-refractivity contribution in [1.29, 1.82) is 0 Å². The Morgan fingerprint density at radius 1 is 0.842 bits per heavy atom. The standard InChI is InChI=1S/C17H14.C2H6/c1-3-5-13-10-11-15-7-4-6-14-9-8-12(2)16(13)17(14)15;1-2/h3-11H,2H2,1H3;1-2H3/b5-3-;. The van der Waals surface area contributed by atoms with Gasteiger partial charge in [0, 0.05) is 0 Å². The van der Waals surface area contributed by atoms with Gasteiger partial charge in [-0.15, -0.1) is 0 Å². The van der Waals surface area contributed by atoms with Crippen molar-refractivity contribution in [2.24, 2.45) is 0 Å². The van der Waals surface area contributed by atoms with Crippen LogP contribution in [0.2, 0.25) is 0 Å². The molecule has 0 aliphatic rings. The minimum Gasteiger partial charge on any atom is -0.0911 e. The van der Waals surface area contributed by atoms with E-state index < -0.39 is 0 Å². The van der Waals surface area contributed by atoms with Gasteiger partial charge in [-0.2, -0.15) is 0 Å². The van der Waals surface area contributed by atoms with Crippen LogP contribution in [0.5, 0.6) is 0 Å². The van der Waals surface area contributed by atoms with Crippen molar-refractivity contribution in [3.05, 3.63) is 59.3 Å². The molecule has 0 amide bonds. The SMILES string of the molecule is C=c1ccc2cccc3ccc(/C=C\C)c1c32.CC. The van der Waals surface area contributed by atoms with Crippen molar-refractivity contribution in [2.75, 3.05) is 0 Å². The number of hydrogen-bond acceptors (Lipinski definition) is 0. The second-order valence-electron chi connectivity index (χ2n) is 4.33. The van der Waals surface area contributed by atoms with E-state index in [4.69, 9.17) is 0 Å². The third-order valence-electron chi connectivity index (χ3n) is 3.24. The molecule has 0 heterocycles. The fourth-order valence-corrected chi connectivity index (χ4v) is 2.50. The molecular weight excluding hydrogens is 228 g/mol. The lowest BCUT2D eigenvalue weighted by Crippen LogP contribution is -2.01. The summed E-state index contributed by atoms with van der Waals surface area (Å²) in [6.45, 7) is 10.2. The highest BCUT2D eigenvalue weighted by Gasteiger charge is 2.05. The number of allylic oxidation sites excluding steroid dienone is 1. The number of hydrogen-bond donors (Lipinski definition) is 0. The van der Waals surface area contributed by atoms with Crippen LogP contribution in [-0.4, -0.2) is 0 Å². The molecule has 0 radical (unpaired) electrons. The molecule has 0 saturated carbocycles. The maximum absolute atomic E-state index is 4.16. The summed E-state index contributed by atoms with van der Waals surface area (Å²) in [6.07, 6.45) is 4.22. The van der Waals surface area contributed by atoms with Crippen LogP contribution in [0.1, 0.15) is 26.3 Å². The Morgan fingerprint density at radius 3 is 2.11 bits per heavy atom. The average molecular weight is 248 g/mol. The van der Waals surface area contributed by atoms with Crippen molar-refractivity contribution in [1.82, 2.24) is 0 Å². The molecule has 3 aromatic rings. The summed E-state index contributed by atoms with van der Waals surface area (Å²) >= 11 is 0. The van der Waals surface area contributed by atoms with Crippen LogP contribution >= 0.6 is 0 Å². The second-order valence-corrected chi connectivity index (χ2v) is 4.33. The first-order valence-electron chi connectivity index (χ1n) is 6.87. The molecule has 0 atom stereocenters. The largest absolute Gasteiger partial charge is 0.0911 e. The monoisotopic (exact) mass is 248 g/mol. The molecule has 0 nitrogen and oxygen atoms in total. The van der Waals surface area contributed by atoms with Crippen molar-refractivity contribution in [3.8, 4) is 0 Å². The van der Waals surface area contributed by atoms with Crippen LogP contribution in [0.3, 0.4) is 0 Å². The van der Waals surface area contributed by atoms with Crippen molar-refractivity contribution in [3.63, 3.8) is 0 Å². The molecule has 0 spiro atoms. The predicted molar refractivity (Wildman–Crippen MR) is 88.3 cm³/mol. The molecule has 3 rings (SSSR count). The number of benzene rings is 3. The quantitative estimate of drug-likeness (QED) is 0.556. The lowest BCUT2D eigenvalue weighted by atomic mass is 9.95. The molecule has 0 unspecified atom stereocenters. The molecular formula is C19H20. The predicted octanol–water partition coefficient (Wildman–Crippen LogP) is 5.18. The van der Waals surface area contributed by atoms with E-state index in [-0.39, 0.29) is 0 Å². The first-order valence-corrected chi connectivity index (χ1v) is 6.87. The van der Waals surface area contributed by atoms with E-state index in [9.17, 15) is 0 Å². The van der Waals surface area contributed by atoms with E-state index in [2.05, 4.69) is 61.2 Å². The summed E-state index contributed by atoms with van der Waals surface area (Å²) in [6, 6.07) is 15.0. The van der Waals surface area contributed by atoms with Crippen LogP contribution < -0.4 is 5.22 Å². The molecule has 0 fully saturated rings. The summed E-state index contributed by atoms with van der Waals surface area (Å²) in [5.41, 5.74) is 1.25. The summed E-state index contributed by atoms with van der Waals surface area (Å²) in [7, 11) is 0.